The molecule has 0 unspecified atom stereocenters. The predicted molar refractivity (Wildman–Crippen MR) is 120 cm³/mol. The number of nitrogens with zero attached hydrogens (tertiary/aromatic N) is 2. The fourth-order valence-corrected chi connectivity index (χ4v) is 3.13. The van der Waals surface area contributed by atoms with Gasteiger partial charge in [-0.1, -0.05) is 65.7 Å². The second-order valence-electron chi connectivity index (χ2n) is 6.73. The van der Waals surface area contributed by atoms with Crippen LogP contribution in [0.2, 0.25) is 10.0 Å². The lowest BCUT2D eigenvalue weighted by Gasteiger charge is -2.23. The lowest BCUT2D eigenvalue weighted by atomic mass is 10.2. The average molecular weight is 458 g/mol. The maximum atomic E-state index is 12.9. The Morgan fingerprint density at radius 2 is 1.68 bits per heavy atom. The van der Waals surface area contributed by atoms with Gasteiger partial charge < -0.3 is 15.0 Å². The first-order valence-corrected chi connectivity index (χ1v) is 10.3. The van der Waals surface area contributed by atoms with Crippen LogP contribution in [0.4, 0.5) is 4.79 Å². The van der Waals surface area contributed by atoms with Crippen LogP contribution in [-0.4, -0.2) is 28.4 Å². The van der Waals surface area contributed by atoms with Crippen LogP contribution in [0, 0.1) is 0 Å². The number of carbonyl (C=O) groups excluding carboxylic acids is 2. The molecular weight excluding hydrogens is 437 g/mol. The zero-order chi connectivity index (χ0) is 22.1. The molecule has 0 fully saturated rings. The second-order valence-corrected chi connectivity index (χ2v) is 7.55. The third kappa shape index (κ3) is 7.27. The van der Waals surface area contributed by atoms with Gasteiger partial charge in [-0.3, -0.25) is 9.78 Å². The van der Waals surface area contributed by atoms with Gasteiger partial charge in [-0.2, -0.15) is 0 Å². The van der Waals surface area contributed by atoms with E-state index in [4.69, 9.17) is 27.9 Å². The summed E-state index contributed by atoms with van der Waals surface area (Å²) in [7, 11) is 0. The molecule has 160 valence electrons. The van der Waals surface area contributed by atoms with Crippen LogP contribution >= 0.6 is 23.2 Å². The summed E-state index contributed by atoms with van der Waals surface area (Å²) in [6, 6.07) is 20.0. The summed E-state index contributed by atoms with van der Waals surface area (Å²) < 4.78 is 5.16. The van der Waals surface area contributed by atoms with E-state index in [1.54, 1.807) is 35.4 Å². The number of nitrogens with one attached hydrogen (secondary N) is 1. The van der Waals surface area contributed by atoms with E-state index in [0.29, 0.717) is 10.0 Å². The van der Waals surface area contributed by atoms with Gasteiger partial charge >= 0.3 is 6.09 Å². The fraction of sp³-hybridized carbons (Fsp3) is 0.174. The van der Waals surface area contributed by atoms with Gasteiger partial charge in [0, 0.05) is 12.7 Å². The zero-order valence-electron chi connectivity index (χ0n) is 16.6. The molecular formula is C23H21Cl2N3O3. The monoisotopic (exact) mass is 457 g/mol. The normalized spacial score (nSPS) is 10.4. The molecule has 1 heterocycles. The number of aromatic nitrogens is 1. The van der Waals surface area contributed by atoms with Gasteiger partial charge in [-0.25, -0.2) is 4.79 Å². The van der Waals surface area contributed by atoms with E-state index in [9.17, 15) is 9.59 Å². The Balaban J connectivity index is 1.60. The standard InChI is InChI=1S/C23H21Cl2N3O3/c24-20-10-9-18(12-21(20)25)14-28(15-19-8-4-5-11-26-19)22(29)13-27-23(30)31-16-17-6-2-1-3-7-17/h1-12H,13-16H2,(H,27,30). The molecule has 6 nitrogen and oxygen atoms in total. The predicted octanol–water partition coefficient (Wildman–Crippen LogP) is 4.84. The van der Waals surface area contributed by atoms with Crippen LogP contribution in [0.3, 0.4) is 0 Å². The molecule has 0 aliphatic carbocycles. The van der Waals surface area contributed by atoms with Crippen LogP contribution in [0.15, 0.2) is 72.9 Å². The van der Waals surface area contributed by atoms with Crippen molar-refractivity contribution in [2.45, 2.75) is 19.7 Å². The number of amides is 2. The van der Waals surface area contributed by atoms with E-state index in [2.05, 4.69) is 10.3 Å². The molecule has 8 heteroatoms. The minimum absolute atomic E-state index is 0.127. The molecule has 2 amide bonds. The Kier molecular flexibility index (Phi) is 8.27. The van der Waals surface area contributed by atoms with Crippen molar-refractivity contribution in [3.05, 3.63) is 99.8 Å². The Bertz CT molecular complexity index is 1020. The van der Waals surface area contributed by atoms with Crippen molar-refractivity contribution in [2.24, 2.45) is 0 Å². The number of hydrogen-bond donors (Lipinski definition) is 1. The Morgan fingerprint density at radius 3 is 2.39 bits per heavy atom. The molecule has 1 N–H and O–H groups in total. The van der Waals surface area contributed by atoms with Gasteiger partial charge in [0.2, 0.25) is 5.91 Å². The number of pyridine rings is 1. The maximum Gasteiger partial charge on any atom is 0.407 e. The number of rotatable bonds is 8. The zero-order valence-corrected chi connectivity index (χ0v) is 18.1. The molecule has 2 aromatic carbocycles. The first-order valence-electron chi connectivity index (χ1n) is 9.57. The summed E-state index contributed by atoms with van der Waals surface area (Å²) in [6.45, 7) is 0.483. The van der Waals surface area contributed by atoms with E-state index in [1.807, 2.05) is 42.5 Å². The SMILES string of the molecule is O=C(NCC(=O)N(Cc1ccc(Cl)c(Cl)c1)Cc1ccccn1)OCc1ccccc1. The lowest BCUT2D eigenvalue weighted by Crippen LogP contribution is -2.39. The van der Waals surface area contributed by atoms with Crippen LogP contribution in [-0.2, 0) is 29.2 Å². The number of halogens is 2. The summed E-state index contributed by atoms with van der Waals surface area (Å²) in [4.78, 5) is 30.7. The Hall–Kier alpha value is -3.09. The number of benzene rings is 2. The van der Waals surface area contributed by atoms with E-state index in [-0.39, 0.29) is 32.1 Å². The maximum absolute atomic E-state index is 12.9. The highest BCUT2D eigenvalue weighted by Crippen LogP contribution is 2.23. The molecule has 0 radical (unpaired) electrons. The molecule has 1 aromatic heterocycles. The molecule has 0 aliphatic rings. The molecule has 0 saturated heterocycles. The van der Waals surface area contributed by atoms with Crippen LogP contribution in [0.5, 0.6) is 0 Å². The molecule has 31 heavy (non-hydrogen) atoms. The van der Waals surface area contributed by atoms with Crippen LogP contribution in [0.1, 0.15) is 16.8 Å². The average Bonchev–Trinajstić information content (AvgIpc) is 2.79. The first-order chi connectivity index (χ1) is 15.0. The molecule has 0 saturated carbocycles. The summed E-state index contributed by atoms with van der Waals surface area (Å²) in [6.07, 6.45) is 1.00. The van der Waals surface area contributed by atoms with Crippen molar-refractivity contribution < 1.29 is 14.3 Å². The van der Waals surface area contributed by atoms with Crippen molar-refractivity contribution in [1.82, 2.24) is 15.2 Å². The number of carbonyl (C=O) groups is 2. The Labute approximate surface area is 190 Å². The van der Waals surface area contributed by atoms with Crippen molar-refractivity contribution in [1.29, 1.82) is 0 Å². The summed E-state index contributed by atoms with van der Waals surface area (Å²) >= 11 is 12.1. The van der Waals surface area contributed by atoms with E-state index in [0.717, 1.165) is 16.8 Å². The third-order valence-electron chi connectivity index (χ3n) is 4.39. The van der Waals surface area contributed by atoms with Crippen molar-refractivity contribution in [3.8, 4) is 0 Å². The topological polar surface area (TPSA) is 71.5 Å². The minimum Gasteiger partial charge on any atom is -0.445 e. The highest BCUT2D eigenvalue weighted by atomic mass is 35.5. The lowest BCUT2D eigenvalue weighted by molar-refractivity contribution is -0.131. The third-order valence-corrected chi connectivity index (χ3v) is 5.12. The van der Waals surface area contributed by atoms with Gasteiger partial charge in [0.05, 0.1) is 22.3 Å². The van der Waals surface area contributed by atoms with Crippen molar-refractivity contribution >= 4 is 35.2 Å². The minimum atomic E-state index is -0.662. The highest BCUT2D eigenvalue weighted by Gasteiger charge is 2.17. The van der Waals surface area contributed by atoms with Gasteiger partial charge in [-0.15, -0.1) is 0 Å². The molecule has 0 bridgehead atoms. The quantitative estimate of drug-likeness (QED) is 0.524. The van der Waals surface area contributed by atoms with Gasteiger partial charge in [0.1, 0.15) is 13.2 Å². The Morgan fingerprint density at radius 1 is 0.903 bits per heavy atom. The largest absolute Gasteiger partial charge is 0.445 e. The number of hydrogen-bond acceptors (Lipinski definition) is 4. The van der Waals surface area contributed by atoms with Crippen LogP contribution < -0.4 is 5.32 Å². The first kappa shape index (κ1) is 22.6. The van der Waals surface area contributed by atoms with Crippen molar-refractivity contribution in [2.75, 3.05) is 6.54 Å². The number of ether oxygens (including phenoxy) is 1. The summed E-state index contributed by atoms with van der Waals surface area (Å²) in [5, 5.41) is 3.36. The van der Waals surface area contributed by atoms with E-state index in [1.165, 1.54) is 0 Å². The smallest absolute Gasteiger partial charge is 0.407 e. The second kappa shape index (κ2) is 11.3. The molecule has 3 rings (SSSR count). The van der Waals surface area contributed by atoms with Crippen LogP contribution in [0.25, 0.3) is 0 Å². The van der Waals surface area contributed by atoms with E-state index < -0.39 is 6.09 Å². The molecule has 0 spiro atoms. The fourth-order valence-electron chi connectivity index (χ4n) is 2.81. The van der Waals surface area contributed by atoms with Gasteiger partial charge in [0.25, 0.3) is 0 Å². The highest BCUT2D eigenvalue weighted by molar-refractivity contribution is 6.42. The molecule has 3 aromatic rings. The van der Waals surface area contributed by atoms with Gasteiger partial charge in [0.15, 0.2) is 0 Å². The van der Waals surface area contributed by atoms with Crippen molar-refractivity contribution in [3.63, 3.8) is 0 Å². The summed E-state index contributed by atoms with van der Waals surface area (Å²) in [5.74, 6) is -0.284. The van der Waals surface area contributed by atoms with Gasteiger partial charge in [-0.05, 0) is 35.4 Å². The number of alkyl carbamates (subject to hydrolysis) is 1. The molecule has 0 atom stereocenters. The molecule has 0 aliphatic heterocycles. The summed E-state index contributed by atoms with van der Waals surface area (Å²) in [5.41, 5.74) is 2.40. The van der Waals surface area contributed by atoms with E-state index >= 15 is 0 Å².